The Kier molecular flexibility index (Phi) is 8.38. The number of ether oxygens (including phenoxy) is 2. The van der Waals surface area contributed by atoms with Gasteiger partial charge in [0, 0.05) is 18.5 Å². The summed E-state index contributed by atoms with van der Waals surface area (Å²) < 4.78 is 34.6. The van der Waals surface area contributed by atoms with Gasteiger partial charge in [0.1, 0.15) is 17.5 Å². The van der Waals surface area contributed by atoms with E-state index >= 15 is 0 Å². The minimum atomic E-state index is -2.93. The molecule has 1 aliphatic rings. The molecule has 1 atom stereocenters. The lowest BCUT2D eigenvalue weighted by atomic mass is 10.0. The number of hydrogen-bond acceptors (Lipinski definition) is 5. The van der Waals surface area contributed by atoms with Crippen LogP contribution < -0.4 is 20.1 Å². The van der Waals surface area contributed by atoms with Crippen LogP contribution in [0.3, 0.4) is 0 Å². The molecule has 2 amide bonds. The standard InChI is InChI=1S/C23H26F2N2O5/c24-23(25)32-19-7-3-15(4-8-19)13-20(22(30)26-11-12-28)27-21(29)17-5-9-18(10-6-17)31-14-16-1-2-16/h3-10,16,20,23,28H,1-2,11-14H2,(H,26,30)(H,27,29)/t20-/m0/s1. The summed E-state index contributed by atoms with van der Waals surface area (Å²) in [4.78, 5) is 25.2. The zero-order valence-corrected chi connectivity index (χ0v) is 17.4. The van der Waals surface area contributed by atoms with Crippen LogP contribution in [0.25, 0.3) is 0 Å². The van der Waals surface area contributed by atoms with E-state index in [1.807, 2.05) is 0 Å². The Balaban J connectivity index is 1.63. The third kappa shape index (κ3) is 7.49. The topological polar surface area (TPSA) is 96.9 Å². The van der Waals surface area contributed by atoms with Gasteiger partial charge in [-0.3, -0.25) is 9.59 Å². The Morgan fingerprint density at radius 3 is 2.28 bits per heavy atom. The Labute approximate surface area is 184 Å². The van der Waals surface area contributed by atoms with Gasteiger partial charge in [-0.25, -0.2) is 0 Å². The first-order chi connectivity index (χ1) is 15.4. The molecule has 2 aromatic carbocycles. The van der Waals surface area contributed by atoms with Crippen molar-refractivity contribution in [1.82, 2.24) is 10.6 Å². The maximum atomic E-state index is 12.7. The van der Waals surface area contributed by atoms with E-state index < -0.39 is 24.5 Å². The fourth-order valence-electron chi connectivity index (χ4n) is 3.00. The molecule has 0 aromatic heterocycles. The van der Waals surface area contributed by atoms with Crippen LogP contribution in [-0.2, 0) is 11.2 Å². The predicted molar refractivity (Wildman–Crippen MR) is 113 cm³/mol. The van der Waals surface area contributed by atoms with Crippen LogP contribution in [0.1, 0.15) is 28.8 Å². The largest absolute Gasteiger partial charge is 0.493 e. The molecule has 1 fully saturated rings. The molecule has 0 heterocycles. The average molecular weight is 448 g/mol. The molecule has 0 saturated heterocycles. The zero-order chi connectivity index (χ0) is 22.9. The van der Waals surface area contributed by atoms with Gasteiger partial charge in [0.15, 0.2) is 0 Å². The molecule has 0 spiro atoms. The molecule has 7 nitrogen and oxygen atoms in total. The number of nitrogens with one attached hydrogen (secondary N) is 2. The number of amides is 2. The van der Waals surface area contributed by atoms with Crippen molar-refractivity contribution in [3.8, 4) is 11.5 Å². The normalized spacial score (nSPS) is 14.0. The molecule has 3 N–H and O–H groups in total. The summed E-state index contributed by atoms with van der Waals surface area (Å²) in [7, 11) is 0. The molecular formula is C23H26F2N2O5. The quantitative estimate of drug-likeness (QED) is 0.464. The van der Waals surface area contributed by atoms with Gasteiger partial charge in [0.05, 0.1) is 13.2 Å². The highest BCUT2D eigenvalue weighted by molar-refractivity contribution is 5.97. The summed E-state index contributed by atoms with van der Waals surface area (Å²) >= 11 is 0. The van der Waals surface area contributed by atoms with Crippen LogP contribution in [-0.4, -0.2) is 49.3 Å². The highest BCUT2D eigenvalue weighted by Gasteiger charge is 2.23. The van der Waals surface area contributed by atoms with E-state index in [0.717, 1.165) is 0 Å². The molecular weight excluding hydrogens is 422 g/mol. The maximum absolute atomic E-state index is 12.7. The van der Waals surface area contributed by atoms with Crippen LogP contribution in [0.15, 0.2) is 48.5 Å². The number of rotatable bonds is 12. The summed E-state index contributed by atoms with van der Waals surface area (Å²) in [6, 6.07) is 11.6. The van der Waals surface area contributed by atoms with E-state index in [9.17, 15) is 18.4 Å². The SMILES string of the molecule is O=C(N[C@@H](Cc1ccc(OC(F)F)cc1)C(=O)NCCO)c1ccc(OCC2CC2)cc1. The van der Waals surface area contributed by atoms with E-state index in [-0.39, 0.29) is 25.3 Å². The number of aliphatic hydroxyl groups is 1. The molecule has 172 valence electrons. The van der Waals surface area contributed by atoms with Crippen molar-refractivity contribution >= 4 is 11.8 Å². The number of carbonyl (C=O) groups is 2. The maximum Gasteiger partial charge on any atom is 0.387 e. The lowest BCUT2D eigenvalue weighted by molar-refractivity contribution is -0.123. The summed E-state index contributed by atoms with van der Waals surface area (Å²) in [5, 5.41) is 14.2. The Bertz CT molecular complexity index is 886. The Hall–Kier alpha value is -3.20. The Morgan fingerprint density at radius 1 is 1.03 bits per heavy atom. The summed E-state index contributed by atoms with van der Waals surface area (Å²) in [5.41, 5.74) is 1.00. The monoisotopic (exact) mass is 448 g/mol. The predicted octanol–water partition coefficient (Wildman–Crippen LogP) is 2.53. The number of alkyl halides is 2. The average Bonchev–Trinajstić information content (AvgIpc) is 3.61. The van der Waals surface area contributed by atoms with Crippen LogP contribution in [0, 0.1) is 5.92 Å². The van der Waals surface area contributed by atoms with E-state index in [0.29, 0.717) is 29.4 Å². The van der Waals surface area contributed by atoms with Crippen molar-refractivity contribution in [2.45, 2.75) is 31.9 Å². The zero-order valence-electron chi connectivity index (χ0n) is 17.4. The number of carbonyl (C=O) groups excluding carboxylic acids is 2. The second-order valence-corrected chi connectivity index (χ2v) is 7.55. The van der Waals surface area contributed by atoms with Gasteiger partial charge in [-0.15, -0.1) is 0 Å². The third-order valence-electron chi connectivity index (χ3n) is 4.92. The molecule has 32 heavy (non-hydrogen) atoms. The van der Waals surface area contributed by atoms with Crippen LogP contribution in [0.2, 0.25) is 0 Å². The van der Waals surface area contributed by atoms with E-state index in [4.69, 9.17) is 9.84 Å². The first-order valence-corrected chi connectivity index (χ1v) is 10.4. The smallest absolute Gasteiger partial charge is 0.387 e. The van der Waals surface area contributed by atoms with Crippen molar-refractivity contribution < 1.29 is 33.0 Å². The van der Waals surface area contributed by atoms with Crippen LogP contribution in [0.5, 0.6) is 11.5 Å². The fraction of sp³-hybridized carbons (Fsp3) is 0.391. The minimum absolute atomic E-state index is 0.00179. The fourth-order valence-corrected chi connectivity index (χ4v) is 3.00. The molecule has 1 aliphatic carbocycles. The van der Waals surface area contributed by atoms with Crippen molar-refractivity contribution in [3.63, 3.8) is 0 Å². The molecule has 0 unspecified atom stereocenters. The molecule has 0 aliphatic heterocycles. The summed E-state index contributed by atoms with van der Waals surface area (Å²) in [6.45, 7) is -2.46. The van der Waals surface area contributed by atoms with E-state index in [2.05, 4.69) is 15.4 Å². The van der Waals surface area contributed by atoms with Gasteiger partial charge in [-0.2, -0.15) is 8.78 Å². The first-order valence-electron chi connectivity index (χ1n) is 10.4. The van der Waals surface area contributed by atoms with Gasteiger partial charge in [-0.1, -0.05) is 12.1 Å². The number of aliphatic hydroxyl groups excluding tert-OH is 1. The van der Waals surface area contributed by atoms with Crippen molar-refractivity contribution in [2.24, 2.45) is 5.92 Å². The van der Waals surface area contributed by atoms with Crippen molar-refractivity contribution in [2.75, 3.05) is 19.8 Å². The van der Waals surface area contributed by atoms with Gasteiger partial charge in [0.25, 0.3) is 5.91 Å². The first kappa shape index (κ1) is 23.5. The van der Waals surface area contributed by atoms with E-state index in [1.54, 1.807) is 36.4 Å². The summed E-state index contributed by atoms with van der Waals surface area (Å²) in [5.74, 6) is 0.382. The second kappa shape index (κ2) is 11.4. The van der Waals surface area contributed by atoms with Crippen molar-refractivity contribution in [3.05, 3.63) is 59.7 Å². The number of halogens is 2. The highest BCUT2D eigenvalue weighted by Crippen LogP contribution is 2.29. The van der Waals surface area contributed by atoms with Gasteiger partial charge < -0.3 is 25.2 Å². The molecule has 2 aromatic rings. The second-order valence-electron chi connectivity index (χ2n) is 7.55. The lowest BCUT2D eigenvalue weighted by Crippen LogP contribution is -2.48. The van der Waals surface area contributed by atoms with Crippen LogP contribution in [0.4, 0.5) is 8.78 Å². The molecule has 0 bridgehead atoms. The molecule has 9 heteroatoms. The highest BCUT2D eigenvalue weighted by atomic mass is 19.3. The molecule has 0 radical (unpaired) electrons. The third-order valence-corrected chi connectivity index (χ3v) is 4.92. The van der Waals surface area contributed by atoms with Gasteiger partial charge in [0.2, 0.25) is 5.91 Å². The Morgan fingerprint density at radius 2 is 1.69 bits per heavy atom. The number of hydrogen-bond donors (Lipinski definition) is 3. The lowest BCUT2D eigenvalue weighted by Gasteiger charge is -2.19. The van der Waals surface area contributed by atoms with Crippen LogP contribution >= 0.6 is 0 Å². The number of benzene rings is 2. The summed E-state index contributed by atoms with van der Waals surface area (Å²) in [6.07, 6.45) is 2.49. The molecule has 1 saturated carbocycles. The van der Waals surface area contributed by atoms with Gasteiger partial charge >= 0.3 is 6.61 Å². The van der Waals surface area contributed by atoms with E-state index in [1.165, 1.54) is 25.0 Å². The van der Waals surface area contributed by atoms with Crippen molar-refractivity contribution in [1.29, 1.82) is 0 Å². The molecule has 3 rings (SSSR count). The van der Waals surface area contributed by atoms with Gasteiger partial charge in [-0.05, 0) is 60.7 Å². The minimum Gasteiger partial charge on any atom is -0.493 e.